The summed E-state index contributed by atoms with van der Waals surface area (Å²) in [5.41, 5.74) is 2.52. The highest BCUT2D eigenvalue weighted by Gasteiger charge is 1.99. The van der Waals surface area contributed by atoms with Crippen molar-refractivity contribution in [3.05, 3.63) is 53.7 Å². The SMILES string of the molecule is CCCCCCc1ccc(Oc2ccc(C)cn2)cc1. The standard InChI is InChI=1S/C18H23NO/c1-3-4-5-6-7-16-9-11-17(12-10-16)20-18-13-8-15(2)14-19-18/h8-14H,3-7H2,1-2H3. The van der Waals surface area contributed by atoms with Gasteiger partial charge in [-0.3, -0.25) is 0 Å². The highest BCUT2D eigenvalue weighted by molar-refractivity contribution is 5.30. The molecule has 0 radical (unpaired) electrons. The van der Waals surface area contributed by atoms with E-state index in [2.05, 4.69) is 24.0 Å². The molecule has 0 aliphatic rings. The highest BCUT2D eigenvalue weighted by atomic mass is 16.5. The van der Waals surface area contributed by atoms with Gasteiger partial charge in [-0.25, -0.2) is 4.98 Å². The lowest BCUT2D eigenvalue weighted by atomic mass is 10.1. The van der Waals surface area contributed by atoms with Crippen molar-refractivity contribution in [3.63, 3.8) is 0 Å². The maximum Gasteiger partial charge on any atom is 0.219 e. The second-order valence-electron chi connectivity index (χ2n) is 5.23. The van der Waals surface area contributed by atoms with E-state index in [0.29, 0.717) is 5.88 Å². The summed E-state index contributed by atoms with van der Waals surface area (Å²) < 4.78 is 5.72. The monoisotopic (exact) mass is 269 g/mol. The molecule has 0 amide bonds. The Kier molecular flexibility index (Phi) is 5.60. The smallest absolute Gasteiger partial charge is 0.219 e. The first-order valence-electron chi connectivity index (χ1n) is 7.47. The molecule has 1 aromatic carbocycles. The third kappa shape index (κ3) is 4.69. The molecule has 0 saturated heterocycles. The number of aryl methyl sites for hydroxylation is 2. The number of benzene rings is 1. The van der Waals surface area contributed by atoms with E-state index in [1.165, 1.54) is 31.2 Å². The molecule has 0 spiro atoms. The second-order valence-corrected chi connectivity index (χ2v) is 5.23. The van der Waals surface area contributed by atoms with Gasteiger partial charge in [0.2, 0.25) is 5.88 Å². The largest absolute Gasteiger partial charge is 0.439 e. The summed E-state index contributed by atoms with van der Waals surface area (Å²) in [4.78, 5) is 4.24. The Balaban J connectivity index is 1.86. The molecule has 1 heterocycles. The molecule has 1 aromatic heterocycles. The maximum atomic E-state index is 5.72. The third-order valence-electron chi connectivity index (χ3n) is 3.35. The summed E-state index contributed by atoms with van der Waals surface area (Å²) in [5.74, 6) is 1.49. The van der Waals surface area contributed by atoms with Gasteiger partial charge < -0.3 is 4.74 Å². The molecule has 106 valence electrons. The van der Waals surface area contributed by atoms with Gasteiger partial charge in [-0.15, -0.1) is 0 Å². The zero-order chi connectivity index (χ0) is 14.2. The predicted molar refractivity (Wildman–Crippen MR) is 83.3 cm³/mol. The van der Waals surface area contributed by atoms with Crippen LogP contribution in [0.4, 0.5) is 0 Å². The topological polar surface area (TPSA) is 22.1 Å². The van der Waals surface area contributed by atoms with E-state index in [0.717, 1.165) is 17.7 Å². The Morgan fingerprint density at radius 2 is 1.75 bits per heavy atom. The van der Waals surface area contributed by atoms with Crippen molar-refractivity contribution in [1.29, 1.82) is 0 Å². The van der Waals surface area contributed by atoms with Crippen LogP contribution in [0.1, 0.15) is 43.7 Å². The summed E-state index contributed by atoms with van der Waals surface area (Å²) in [7, 11) is 0. The van der Waals surface area contributed by atoms with Crippen molar-refractivity contribution in [1.82, 2.24) is 4.98 Å². The molecule has 0 fully saturated rings. The average molecular weight is 269 g/mol. The van der Waals surface area contributed by atoms with Crippen molar-refractivity contribution >= 4 is 0 Å². The first-order chi connectivity index (χ1) is 9.78. The number of nitrogens with zero attached hydrogens (tertiary/aromatic N) is 1. The Hall–Kier alpha value is -1.83. The van der Waals surface area contributed by atoms with E-state index < -0.39 is 0 Å². The lowest BCUT2D eigenvalue weighted by Gasteiger charge is -2.06. The molecule has 2 nitrogen and oxygen atoms in total. The van der Waals surface area contributed by atoms with Gasteiger partial charge >= 0.3 is 0 Å². The van der Waals surface area contributed by atoms with Crippen molar-refractivity contribution in [2.45, 2.75) is 46.0 Å². The molecule has 2 heteroatoms. The summed E-state index contributed by atoms with van der Waals surface area (Å²) in [6, 6.07) is 12.2. The Bertz CT molecular complexity index is 502. The fourth-order valence-corrected chi connectivity index (χ4v) is 2.12. The minimum atomic E-state index is 0.645. The van der Waals surface area contributed by atoms with E-state index >= 15 is 0 Å². The quantitative estimate of drug-likeness (QED) is 0.636. The van der Waals surface area contributed by atoms with E-state index in [1.54, 1.807) is 0 Å². The molecule has 0 aliphatic heterocycles. The zero-order valence-electron chi connectivity index (χ0n) is 12.4. The van der Waals surface area contributed by atoms with Crippen molar-refractivity contribution in [2.75, 3.05) is 0 Å². The number of hydrogen-bond donors (Lipinski definition) is 0. The van der Waals surface area contributed by atoms with E-state index in [4.69, 9.17) is 4.74 Å². The van der Waals surface area contributed by atoms with E-state index in [-0.39, 0.29) is 0 Å². The van der Waals surface area contributed by atoms with Crippen LogP contribution in [-0.4, -0.2) is 4.98 Å². The van der Waals surface area contributed by atoms with E-state index in [1.807, 2.05) is 37.4 Å². The second kappa shape index (κ2) is 7.68. The van der Waals surface area contributed by atoms with Crippen LogP contribution < -0.4 is 4.74 Å². The molecule has 2 rings (SSSR count). The molecule has 0 bridgehead atoms. The summed E-state index contributed by atoms with van der Waals surface area (Å²) in [5, 5.41) is 0. The van der Waals surface area contributed by atoms with Gasteiger partial charge in [-0.2, -0.15) is 0 Å². The normalized spacial score (nSPS) is 10.5. The molecule has 0 unspecified atom stereocenters. The van der Waals surface area contributed by atoms with Crippen LogP contribution in [0.25, 0.3) is 0 Å². The fourth-order valence-electron chi connectivity index (χ4n) is 2.12. The number of rotatable bonds is 7. The van der Waals surface area contributed by atoms with Gasteiger partial charge in [0.15, 0.2) is 0 Å². The molecular weight excluding hydrogens is 246 g/mol. The lowest BCUT2D eigenvalue weighted by Crippen LogP contribution is -1.89. The van der Waals surface area contributed by atoms with Crippen molar-refractivity contribution in [3.8, 4) is 11.6 Å². The number of aromatic nitrogens is 1. The van der Waals surface area contributed by atoms with Gasteiger partial charge in [0, 0.05) is 12.3 Å². The third-order valence-corrected chi connectivity index (χ3v) is 3.35. The average Bonchev–Trinajstić information content (AvgIpc) is 2.48. The first-order valence-corrected chi connectivity index (χ1v) is 7.47. The van der Waals surface area contributed by atoms with Crippen LogP contribution in [-0.2, 0) is 6.42 Å². The first kappa shape index (κ1) is 14.6. The summed E-state index contributed by atoms with van der Waals surface area (Å²) >= 11 is 0. The number of unbranched alkanes of at least 4 members (excludes halogenated alkanes) is 3. The molecule has 0 atom stereocenters. The number of ether oxygens (including phenoxy) is 1. The van der Waals surface area contributed by atoms with Gasteiger partial charge in [0.05, 0.1) is 0 Å². The molecule has 0 aliphatic carbocycles. The van der Waals surface area contributed by atoms with Gasteiger partial charge in [-0.1, -0.05) is 44.4 Å². The number of hydrogen-bond acceptors (Lipinski definition) is 2. The van der Waals surface area contributed by atoms with Crippen LogP contribution in [0.5, 0.6) is 11.6 Å². The lowest BCUT2D eigenvalue weighted by molar-refractivity contribution is 0.462. The van der Waals surface area contributed by atoms with E-state index in [9.17, 15) is 0 Å². The van der Waals surface area contributed by atoms with Crippen LogP contribution >= 0.6 is 0 Å². The Morgan fingerprint density at radius 1 is 0.950 bits per heavy atom. The van der Waals surface area contributed by atoms with Crippen LogP contribution in [0.3, 0.4) is 0 Å². The number of pyridine rings is 1. The van der Waals surface area contributed by atoms with Crippen molar-refractivity contribution < 1.29 is 4.74 Å². The molecular formula is C18H23NO. The minimum Gasteiger partial charge on any atom is -0.439 e. The van der Waals surface area contributed by atoms with Gasteiger partial charge in [0.1, 0.15) is 5.75 Å². The molecule has 0 N–H and O–H groups in total. The maximum absolute atomic E-state index is 5.72. The summed E-state index contributed by atoms with van der Waals surface area (Å²) in [6.07, 6.45) is 8.19. The van der Waals surface area contributed by atoms with Gasteiger partial charge in [0.25, 0.3) is 0 Å². The Morgan fingerprint density at radius 3 is 2.40 bits per heavy atom. The fraction of sp³-hybridized carbons (Fsp3) is 0.389. The van der Waals surface area contributed by atoms with Gasteiger partial charge in [-0.05, 0) is 43.0 Å². The van der Waals surface area contributed by atoms with Crippen LogP contribution in [0, 0.1) is 6.92 Å². The van der Waals surface area contributed by atoms with Crippen molar-refractivity contribution in [2.24, 2.45) is 0 Å². The molecule has 0 saturated carbocycles. The molecule has 20 heavy (non-hydrogen) atoms. The highest BCUT2D eigenvalue weighted by Crippen LogP contribution is 2.20. The minimum absolute atomic E-state index is 0.645. The Labute approximate surface area is 121 Å². The summed E-state index contributed by atoms with van der Waals surface area (Å²) in [6.45, 7) is 4.26. The molecule has 2 aromatic rings. The van der Waals surface area contributed by atoms with Crippen LogP contribution in [0.2, 0.25) is 0 Å². The zero-order valence-corrected chi connectivity index (χ0v) is 12.4. The van der Waals surface area contributed by atoms with Crippen LogP contribution in [0.15, 0.2) is 42.6 Å². The predicted octanol–water partition coefficient (Wildman–Crippen LogP) is 5.31.